The molecular weight excluding hydrogens is 555 g/mol. The molecule has 8 nitrogen and oxygen atoms in total. The minimum atomic E-state index is -3.76. The summed E-state index contributed by atoms with van der Waals surface area (Å²) in [6.45, 7) is 4.34. The summed E-state index contributed by atoms with van der Waals surface area (Å²) in [4.78, 5) is 4.85. The Hall–Kier alpha value is -4.14. The van der Waals surface area contributed by atoms with E-state index in [4.69, 9.17) is 9.84 Å². The molecule has 0 N–H and O–H groups in total. The Kier molecular flexibility index (Phi) is 7.28. The smallest absolute Gasteiger partial charge is 0.243 e. The molecule has 1 aliphatic heterocycles. The van der Waals surface area contributed by atoms with Crippen LogP contribution in [0.5, 0.6) is 0 Å². The van der Waals surface area contributed by atoms with E-state index in [0.29, 0.717) is 40.5 Å². The van der Waals surface area contributed by atoms with Gasteiger partial charge in [0.1, 0.15) is 16.8 Å². The topological polar surface area (TPSA) is 101 Å². The first-order valence-corrected chi connectivity index (χ1v) is 15.5. The third-order valence-electron chi connectivity index (χ3n) is 6.84. The third kappa shape index (κ3) is 5.45. The highest BCUT2D eigenvalue weighted by atomic mass is 32.2. The zero-order valence-corrected chi connectivity index (χ0v) is 24.1. The number of aromatic nitrogens is 3. The van der Waals surface area contributed by atoms with Crippen molar-refractivity contribution in [3.8, 4) is 23.0 Å². The predicted molar refractivity (Wildman–Crippen MR) is 161 cm³/mol. The molecule has 0 spiro atoms. The van der Waals surface area contributed by atoms with E-state index in [1.54, 1.807) is 29.0 Å². The number of hydrogen-bond acceptors (Lipinski definition) is 7. The molecule has 2 unspecified atom stereocenters. The second-order valence-electron chi connectivity index (χ2n) is 9.98. The molecule has 0 bridgehead atoms. The number of ether oxygens (including phenoxy) is 1. The number of para-hydroxylation sites is 2. The van der Waals surface area contributed by atoms with Gasteiger partial charge in [0.15, 0.2) is 0 Å². The monoisotopic (exact) mass is 581 g/mol. The number of allylic oxidation sites excluding steroid dienone is 1. The lowest BCUT2D eigenvalue weighted by molar-refractivity contribution is -0.0440. The first-order valence-electron chi connectivity index (χ1n) is 13.2. The number of nitrogens with zero attached hydrogens (tertiary/aromatic N) is 5. The van der Waals surface area contributed by atoms with Crippen molar-refractivity contribution in [1.82, 2.24) is 19.1 Å². The molecule has 2 atom stereocenters. The van der Waals surface area contributed by atoms with Crippen LogP contribution in [-0.4, -0.2) is 52.8 Å². The third-order valence-corrected chi connectivity index (χ3v) is 9.74. The van der Waals surface area contributed by atoms with Crippen LogP contribution in [0, 0.1) is 11.3 Å². The summed E-state index contributed by atoms with van der Waals surface area (Å²) in [7, 11) is -3.76. The number of benzene rings is 3. The Labute approximate surface area is 242 Å². The summed E-state index contributed by atoms with van der Waals surface area (Å²) in [6.07, 6.45) is 3.23. The van der Waals surface area contributed by atoms with E-state index in [1.165, 1.54) is 15.6 Å². The van der Waals surface area contributed by atoms with E-state index in [9.17, 15) is 13.7 Å². The van der Waals surface area contributed by atoms with E-state index in [-0.39, 0.29) is 17.1 Å². The van der Waals surface area contributed by atoms with E-state index >= 15 is 0 Å². The van der Waals surface area contributed by atoms with Crippen LogP contribution in [0.4, 0.5) is 0 Å². The summed E-state index contributed by atoms with van der Waals surface area (Å²) >= 11 is 1.45. The van der Waals surface area contributed by atoms with Crippen LogP contribution in [0.15, 0.2) is 90.0 Å². The van der Waals surface area contributed by atoms with Gasteiger partial charge in [0, 0.05) is 30.4 Å². The van der Waals surface area contributed by atoms with Crippen LogP contribution < -0.4 is 0 Å². The molecule has 5 aromatic rings. The Bertz CT molecular complexity index is 1860. The van der Waals surface area contributed by atoms with Crippen molar-refractivity contribution in [2.75, 3.05) is 13.1 Å². The Morgan fingerprint density at radius 2 is 1.76 bits per heavy atom. The van der Waals surface area contributed by atoms with Crippen LogP contribution in [-0.2, 0) is 14.8 Å². The highest BCUT2D eigenvalue weighted by Gasteiger charge is 2.32. The van der Waals surface area contributed by atoms with Gasteiger partial charge in [0.2, 0.25) is 10.0 Å². The van der Waals surface area contributed by atoms with Crippen LogP contribution in [0.2, 0.25) is 0 Å². The molecular formula is C31H27N5O3S2. The SMILES string of the molecule is CC1CN(S(=O)(=O)c2cccc(-c3nn(-c4ccccc4)cc3C=C(C#N)c3nc4ccccc4s3)c2)CC(C)O1. The molecule has 206 valence electrons. The summed E-state index contributed by atoms with van der Waals surface area (Å²) in [5.41, 5.74) is 3.94. The first-order chi connectivity index (χ1) is 19.8. The maximum absolute atomic E-state index is 13.7. The summed E-state index contributed by atoms with van der Waals surface area (Å²) in [6, 6.07) is 26.5. The molecule has 1 saturated heterocycles. The molecule has 3 heterocycles. The van der Waals surface area contributed by atoms with Crippen LogP contribution in [0.25, 0.3) is 38.8 Å². The molecule has 0 aliphatic carbocycles. The van der Waals surface area contributed by atoms with Crippen molar-refractivity contribution < 1.29 is 13.2 Å². The summed E-state index contributed by atoms with van der Waals surface area (Å²) in [5, 5.41) is 15.6. The maximum atomic E-state index is 13.7. The Morgan fingerprint density at radius 1 is 1.02 bits per heavy atom. The van der Waals surface area contributed by atoms with Crippen LogP contribution >= 0.6 is 11.3 Å². The normalized spacial score (nSPS) is 18.4. The second-order valence-corrected chi connectivity index (χ2v) is 12.9. The highest BCUT2D eigenvalue weighted by Crippen LogP contribution is 2.32. The van der Waals surface area contributed by atoms with Gasteiger partial charge in [-0.1, -0.05) is 42.5 Å². The van der Waals surface area contributed by atoms with E-state index in [1.807, 2.05) is 80.7 Å². The molecule has 6 rings (SSSR count). The number of sulfonamides is 1. The van der Waals surface area contributed by atoms with Gasteiger partial charge in [-0.05, 0) is 56.3 Å². The molecule has 41 heavy (non-hydrogen) atoms. The van der Waals surface area contributed by atoms with Gasteiger partial charge in [-0.3, -0.25) is 0 Å². The molecule has 10 heteroatoms. The number of hydrogen-bond donors (Lipinski definition) is 0. The number of morpholine rings is 1. The number of nitriles is 1. The molecule has 0 amide bonds. The number of fused-ring (bicyclic) bond motifs is 1. The van der Waals surface area contributed by atoms with Crippen molar-refractivity contribution in [3.63, 3.8) is 0 Å². The fourth-order valence-corrected chi connectivity index (χ4v) is 7.56. The van der Waals surface area contributed by atoms with Gasteiger partial charge in [-0.25, -0.2) is 18.1 Å². The average molecular weight is 582 g/mol. The Morgan fingerprint density at radius 3 is 2.49 bits per heavy atom. The average Bonchev–Trinajstić information content (AvgIpc) is 3.60. The van der Waals surface area contributed by atoms with E-state index in [0.717, 1.165) is 15.9 Å². The van der Waals surface area contributed by atoms with Gasteiger partial charge in [0.25, 0.3) is 0 Å². The van der Waals surface area contributed by atoms with Crippen molar-refractivity contribution >= 4 is 43.2 Å². The van der Waals surface area contributed by atoms with E-state index < -0.39 is 10.0 Å². The van der Waals surface area contributed by atoms with Crippen molar-refractivity contribution in [1.29, 1.82) is 5.26 Å². The van der Waals surface area contributed by atoms with Gasteiger partial charge < -0.3 is 4.74 Å². The lowest BCUT2D eigenvalue weighted by Crippen LogP contribution is -2.48. The lowest BCUT2D eigenvalue weighted by atomic mass is 10.1. The quantitative estimate of drug-likeness (QED) is 0.228. The molecule has 2 aromatic heterocycles. The van der Waals surface area contributed by atoms with Crippen molar-refractivity contribution in [3.05, 3.63) is 95.6 Å². The standard InChI is InChI=1S/C31H27N5O3S2/c1-21-18-35(19-22(2)39-21)41(37,38)27-12-8-9-23(16-27)30-25(20-36(34-30)26-10-4-3-5-11-26)15-24(17-32)31-33-28-13-6-7-14-29(28)40-31/h3-16,20-22H,18-19H2,1-2H3. The van der Waals surface area contributed by atoms with Crippen LogP contribution in [0.3, 0.4) is 0 Å². The molecule has 0 radical (unpaired) electrons. The summed E-state index contributed by atoms with van der Waals surface area (Å²) in [5.74, 6) is 0. The minimum absolute atomic E-state index is 0.187. The highest BCUT2D eigenvalue weighted by molar-refractivity contribution is 7.89. The lowest BCUT2D eigenvalue weighted by Gasteiger charge is -2.34. The minimum Gasteiger partial charge on any atom is -0.373 e. The molecule has 3 aromatic carbocycles. The number of rotatable bonds is 6. The zero-order valence-electron chi connectivity index (χ0n) is 22.5. The fraction of sp³-hybridized carbons (Fsp3) is 0.194. The van der Waals surface area contributed by atoms with Gasteiger partial charge in [-0.15, -0.1) is 11.3 Å². The van der Waals surface area contributed by atoms with Crippen molar-refractivity contribution in [2.24, 2.45) is 0 Å². The Balaban J connectivity index is 1.46. The van der Waals surface area contributed by atoms with Gasteiger partial charge >= 0.3 is 0 Å². The zero-order chi connectivity index (χ0) is 28.6. The van der Waals surface area contributed by atoms with E-state index in [2.05, 4.69) is 11.1 Å². The summed E-state index contributed by atoms with van der Waals surface area (Å²) < 4.78 is 37.3. The first kappa shape index (κ1) is 27.1. The van der Waals surface area contributed by atoms with Crippen LogP contribution in [0.1, 0.15) is 24.4 Å². The molecule has 1 aliphatic rings. The second kappa shape index (κ2) is 11.0. The predicted octanol–water partition coefficient (Wildman–Crippen LogP) is 6.01. The number of thiazole rings is 1. The maximum Gasteiger partial charge on any atom is 0.243 e. The van der Waals surface area contributed by atoms with Crippen molar-refractivity contribution in [2.45, 2.75) is 31.0 Å². The van der Waals surface area contributed by atoms with Gasteiger partial charge in [0.05, 0.1) is 38.6 Å². The molecule has 1 fully saturated rings. The fourth-order valence-electron chi connectivity index (χ4n) is 4.99. The van der Waals surface area contributed by atoms with Gasteiger partial charge in [-0.2, -0.15) is 14.7 Å². The largest absolute Gasteiger partial charge is 0.373 e. The molecule has 0 saturated carbocycles.